The van der Waals surface area contributed by atoms with Crippen LogP contribution in [0.1, 0.15) is 38.5 Å². The Balaban J connectivity index is 1.62. The van der Waals surface area contributed by atoms with Crippen LogP contribution >= 0.6 is 0 Å². The van der Waals surface area contributed by atoms with Gasteiger partial charge in [-0.15, -0.1) is 0 Å². The first-order valence-electron chi connectivity index (χ1n) is 6.57. The van der Waals surface area contributed by atoms with Crippen molar-refractivity contribution in [2.45, 2.75) is 44.6 Å². The van der Waals surface area contributed by atoms with Crippen molar-refractivity contribution in [3.05, 3.63) is 0 Å². The van der Waals surface area contributed by atoms with Crippen LogP contribution in [0.25, 0.3) is 0 Å². The minimum absolute atomic E-state index is 0.579. The lowest BCUT2D eigenvalue weighted by Gasteiger charge is -2.33. The molecule has 15 heavy (non-hydrogen) atoms. The third-order valence-electron chi connectivity index (χ3n) is 4.70. The van der Waals surface area contributed by atoms with Gasteiger partial charge in [0.25, 0.3) is 0 Å². The fourth-order valence-corrected chi connectivity index (χ4v) is 4.05. The van der Waals surface area contributed by atoms with Gasteiger partial charge in [-0.05, 0) is 62.8 Å². The maximum absolute atomic E-state index is 5.81. The van der Waals surface area contributed by atoms with Crippen molar-refractivity contribution in [1.82, 2.24) is 5.32 Å². The number of ether oxygens (including phenoxy) is 1. The summed E-state index contributed by atoms with van der Waals surface area (Å²) < 4.78 is 5.81. The van der Waals surface area contributed by atoms with Crippen LogP contribution in [0.15, 0.2) is 0 Å². The highest BCUT2D eigenvalue weighted by molar-refractivity contribution is 5.04. The molecular formula is C13H23NO. The quantitative estimate of drug-likeness (QED) is 0.766. The molecule has 86 valence electrons. The van der Waals surface area contributed by atoms with Gasteiger partial charge in [-0.1, -0.05) is 0 Å². The molecule has 0 aromatic heterocycles. The van der Waals surface area contributed by atoms with Crippen molar-refractivity contribution >= 4 is 0 Å². The third kappa shape index (κ3) is 1.94. The Labute approximate surface area is 92.8 Å². The Hall–Kier alpha value is -0.0800. The van der Waals surface area contributed by atoms with E-state index in [-0.39, 0.29) is 0 Å². The first kappa shape index (κ1) is 10.1. The minimum Gasteiger partial charge on any atom is -0.378 e. The summed E-state index contributed by atoms with van der Waals surface area (Å²) >= 11 is 0. The van der Waals surface area contributed by atoms with Gasteiger partial charge in [-0.2, -0.15) is 0 Å². The van der Waals surface area contributed by atoms with Crippen LogP contribution in [0.5, 0.6) is 0 Å². The average Bonchev–Trinajstić information content (AvgIpc) is 2.67. The molecule has 0 aromatic rings. The minimum atomic E-state index is 0.579. The third-order valence-corrected chi connectivity index (χ3v) is 4.70. The molecule has 3 fully saturated rings. The van der Waals surface area contributed by atoms with Crippen LogP contribution in [-0.2, 0) is 4.74 Å². The van der Waals surface area contributed by atoms with E-state index in [0.717, 1.165) is 18.4 Å². The Bertz CT molecular complexity index is 225. The molecule has 2 aliphatic carbocycles. The van der Waals surface area contributed by atoms with Gasteiger partial charge in [0.15, 0.2) is 0 Å². The van der Waals surface area contributed by atoms with E-state index in [1.165, 1.54) is 45.1 Å². The zero-order chi connectivity index (χ0) is 10.3. The summed E-state index contributed by atoms with van der Waals surface area (Å²) in [5.74, 6) is 2.17. The van der Waals surface area contributed by atoms with E-state index in [2.05, 4.69) is 12.4 Å². The van der Waals surface area contributed by atoms with Gasteiger partial charge in [-0.3, -0.25) is 0 Å². The molecule has 0 bridgehead atoms. The summed E-state index contributed by atoms with van der Waals surface area (Å²) in [4.78, 5) is 0. The standard InChI is InChI=1S/C13H23NO/c1-14-9-13(6-10-5-11(10)7-13)8-12-3-2-4-15-12/h10-12,14H,2-9H2,1H3. The van der Waals surface area contributed by atoms with Crippen LogP contribution in [0.3, 0.4) is 0 Å². The molecule has 0 amide bonds. The molecule has 0 aromatic carbocycles. The van der Waals surface area contributed by atoms with Crippen LogP contribution in [0.2, 0.25) is 0 Å². The van der Waals surface area contributed by atoms with E-state index >= 15 is 0 Å². The Morgan fingerprint density at radius 3 is 2.73 bits per heavy atom. The summed E-state index contributed by atoms with van der Waals surface area (Å²) in [6, 6.07) is 0. The summed E-state index contributed by atoms with van der Waals surface area (Å²) in [5, 5.41) is 3.41. The number of hydrogen-bond donors (Lipinski definition) is 1. The second-order valence-electron chi connectivity index (χ2n) is 6.03. The number of nitrogens with one attached hydrogen (secondary N) is 1. The maximum atomic E-state index is 5.81. The molecule has 1 N–H and O–H groups in total. The second kappa shape index (κ2) is 3.74. The number of hydrogen-bond acceptors (Lipinski definition) is 2. The summed E-state index contributed by atoms with van der Waals surface area (Å²) in [6.45, 7) is 2.22. The van der Waals surface area contributed by atoms with Crippen molar-refractivity contribution in [3.63, 3.8) is 0 Å². The molecule has 2 heteroatoms. The molecule has 3 aliphatic rings. The first-order chi connectivity index (χ1) is 7.31. The molecule has 0 radical (unpaired) electrons. The Kier molecular flexibility index (Phi) is 2.52. The van der Waals surface area contributed by atoms with Crippen molar-refractivity contribution in [3.8, 4) is 0 Å². The number of fused-ring (bicyclic) bond motifs is 1. The predicted octanol–water partition coefficient (Wildman–Crippen LogP) is 2.19. The largest absolute Gasteiger partial charge is 0.378 e. The van der Waals surface area contributed by atoms with Crippen molar-refractivity contribution in [1.29, 1.82) is 0 Å². The molecule has 1 saturated heterocycles. The van der Waals surface area contributed by atoms with Gasteiger partial charge < -0.3 is 10.1 Å². The molecule has 3 atom stereocenters. The second-order valence-corrected chi connectivity index (χ2v) is 6.03. The van der Waals surface area contributed by atoms with Gasteiger partial charge in [0.05, 0.1) is 6.10 Å². The van der Waals surface area contributed by atoms with Crippen LogP contribution in [-0.4, -0.2) is 26.3 Å². The Morgan fingerprint density at radius 1 is 1.33 bits per heavy atom. The smallest absolute Gasteiger partial charge is 0.0581 e. The SMILES string of the molecule is CNCC1(CC2CCCO2)CC2CC2C1. The van der Waals surface area contributed by atoms with E-state index < -0.39 is 0 Å². The average molecular weight is 209 g/mol. The molecule has 2 saturated carbocycles. The first-order valence-corrected chi connectivity index (χ1v) is 6.57. The fourth-order valence-electron chi connectivity index (χ4n) is 4.05. The zero-order valence-corrected chi connectivity index (χ0v) is 9.80. The molecule has 3 unspecified atom stereocenters. The molecular weight excluding hydrogens is 186 g/mol. The van der Waals surface area contributed by atoms with Crippen LogP contribution in [0.4, 0.5) is 0 Å². The Morgan fingerprint density at radius 2 is 2.13 bits per heavy atom. The van der Waals surface area contributed by atoms with E-state index in [1.807, 2.05) is 0 Å². The van der Waals surface area contributed by atoms with Crippen molar-refractivity contribution < 1.29 is 4.74 Å². The lowest BCUT2D eigenvalue weighted by Crippen LogP contribution is -2.34. The topological polar surface area (TPSA) is 21.3 Å². The lowest BCUT2D eigenvalue weighted by atomic mass is 9.77. The van der Waals surface area contributed by atoms with Gasteiger partial charge in [0, 0.05) is 13.2 Å². The number of rotatable bonds is 4. The summed E-state index contributed by atoms with van der Waals surface area (Å²) in [7, 11) is 2.10. The highest BCUT2D eigenvalue weighted by atomic mass is 16.5. The zero-order valence-electron chi connectivity index (χ0n) is 9.80. The molecule has 1 aliphatic heterocycles. The van der Waals surface area contributed by atoms with Crippen molar-refractivity contribution in [2.24, 2.45) is 17.3 Å². The molecule has 3 rings (SSSR count). The van der Waals surface area contributed by atoms with Gasteiger partial charge in [-0.25, -0.2) is 0 Å². The van der Waals surface area contributed by atoms with Crippen LogP contribution in [0, 0.1) is 17.3 Å². The molecule has 0 spiro atoms. The van der Waals surface area contributed by atoms with Gasteiger partial charge in [0.2, 0.25) is 0 Å². The van der Waals surface area contributed by atoms with Gasteiger partial charge >= 0.3 is 0 Å². The maximum Gasteiger partial charge on any atom is 0.0581 e. The molecule has 2 nitrogen and oxygen atoms in total. The van der Waals surface area contributed by atoms with E-state index in [4.69, 9.17) is 4.74 Å². The summed E-state index contributed by atoms with van der Waals surface area (Å²) in [6.07, 6.45) is 8.96. The fraction of sp³-hybridized carbons (Fsp3) is 1.00. The van der Waals surface area contributed by atoms with Crippen molar-refractivity contribution in [2.75, 3.05) is 20.2 Å². The van der Waals surface area contributed by atoms with Crippen LogP contribution < -0.4 is 5.32 Å². The van der Waals surface area contributed by atoms with E-state index in [1.54, 1.807) is 0 Å². The molecule has 1 heterocycles. The highest BCUT2D eigenvalue weighted by Gasteiger charge is 2.53. The van der Waals surface area contributed by atoms with E-state index in [0.29, 0.717) is 11.5 Å². The monoisotopic (exact) mass is 209 g/mol. The highest BCUT2D eigenvalue weighted by Crippen LogP contribution is 2.61. The lowest BCUT2D eigenvalue weighted by molar-refractivity contribution is 0.0578. The summed E-state index contributed by atoms with van der Waals surface area (Å²) in [5.41, 5.74) is 0.595. The normalized spacial score (nSPS) is 48.2. The van der Waals surface area contributed by atoms with E-state index in [9.17, 15) is 0 Å². The van der Waals surface area contributed by atoms with Gasteiger partial charge in [0.1, 0.15) is 0 Å². The predicted molar refractivity (Wildman–Crippen MR) is 60.8 cm³/mol.